The fourth-order valence-electron chi connectivity index (χ4n) is 2.47. The number of nitrogens with zero attached hydrogens (tertiary/aromatic N) is 2. The molecule has 2 amide bonds. The molecule has 3 rings (SSSR count). The quantitative estimate of drug-likeness (QED) is 0.320. The molecule has 0 spiro atoms. The highest BCUT2D eigenvalue weighted by Crippen LogP contribution is 2.32. The van der Waals surface area contributed by atoms with E-state index in [0.717, 1.165) is 22.2 Å². The summed E-state index contributed by atoms with van der Waals surface area (Å²) in [6.07, 6.45) is 6.79. The van der Waals surface area contributed by atoms with Gasteiger partial charge >= 0.3 is 0 Å². The van der Waals surface area contributed by atoms with Crippen molar-refractivity contribution in [1.29, 1.82) is 0 Å². The van der Waals surface area contributed by atoms with E-state index >= 15 is 0 Å². The molecule has 1 aliphatic heterocycles. The van der Waals surface area contributed by atoms with Crippen LogP contribution in [0.4, 0.5) is 10.5 Å². The molecule has 0 aliphatic carbocycles. The number of amides is 2. The average molecular weight is 394 g/mol. The van der Waals surface area contributed by atoms with E-state index in [1.54, 1.807) is 42.5 Å². The molecule has 0 unspecified atom stereocenters. The molecule has 0 atom stereocenters. The van der Waals surface area contributed by atoms with Crippen molar-refractivity contribution in [2.75, 3.05) is 6.54 Å². The zero-order valence-electron chi connectivity index (χ0n) is 14.5. The molecule has 2 aromatic rings. The van der Waals surface area contributed by atoms with E-state index in [2.05, 4.69) is 5.92 Å². The molecule has 1 aliphatic rings. The van der Waals surface area contributed by atoms with E-state index in [1.807, 2.05) is 0 Å². The second kappa shape index (κ2) is 8.41. The first kappa shape index (κ1) is 19.2. The Hall–Kier alpha value is -3.57. The van der Waals surface area contributed by atoms with Crippen LogP contribution in [0.25, 0.3) is 6.08 Å². The van der Waals surface area contributed by atoms with E-state index in [9.17, 15) is 19.7 Å². The average Bonchev–Trinajstić information content (AvgIpc) is 2.95. The van der Waals surface area contributed by atoms with Crippen LogP contribution in [0.1, 0.15) is 11.1 Å². The number of carbonyl (C=O) groups is 2. The van der Waals surface area contributed by atoms with Gasteiger partial charge in [-0.15, -0.1) is 6.42 Å². The molecule has 8 heteroatoms. The maximum absolute atomic E-state index is 12.2. The number of hydrogen-bond donors (Lipinski definition) is 0. The van der Waals surface area contributed by atoms with Gasteiger partial charge in [0.05, 0.1) is 16.4 Å². The van der Waals surface area contributed by atoms with Crippen LogP contribution in [0.3, 0.4) is 0 Å². The lowest BCUT2D eigenvalue weighted by molar-refractivity contribution is -0.384. The minimum Gasteiger partial charge on any atom is -0.489 e. The van der Waals surface area contributed by atoms with Gasteiger partial charge in [-0.1, -0.05) is 30.2 Å². The van der Waals surface area contributed by atoms with Gasteiger partial charge in [0.25, 0.3) is 16.8 Å². The van der Waals surface area contributed by atoms with Gasteiger partial charge in [0, 0.05) is 12.1 Å². The van der Waals surface area contributed by atoms with Crippen LogP contribution in [-0.4, -0.2) is 27.5 Å². The number of nitro benzene ring substituents is 1. The Labute approximate surface area is 165 Å². The van der Waals surface area contributed by atoms with Crippen LogP contribution in [0, 0.1) is 22.5 Å². The Morgan fingerprint density at radius 2 is 1.96 bits per heavy atom. The number of carbonyl (C=O) groups excluding carboxylic acids is 2. The van der Waals surface area contributed by atoms with Crippen LogP contribution >= 0.6 is 11.8 Å². The largest absolute Gasteiger partial charge is 0.489 e. The highest BCUT2D eigenvalue weighted by Gasteiger charge is 2.34. The lowest BCUT2D eigenvalue weighted by Gasteiger charge is -2.07. The molecular formula is C20H14N2O5S. The third-order valence-electron chi connectivity index (χ3n) is 3.83. The normalized spacial score (nSPS) is 15.0. The van der Waals surface area contributed by atoms with Gasteiger partial charge < -0.3 is 4.74 Å². The summed E-state index contributed by atoms with van der Waals surface area (Å²) in [5.41, 5.74) is 1.42. The lowest BCUT2D eigenvalue weighted by Crippen LogP contribution is -2.28. The summed E-state index contributed by atoms with van der Waals surface area (Å²) < 4.78 is 5.64. The summed E-state index contributed by atoms with van der Waals surface area (Å²) in [7, 11) is 0. The van der Waals surface area contributed by atoms with Crippen molar-refractivity contribution in [2.45, 2.75) is 6.61 Å². The molecule has 140 valence electrons. The van der Waals surface area contributed by atoms with Crippen molar-refractivity contribution in [3.8, 4) is 18.1 Å². The van der Waals surface area contributed by atoms with E-state index < -0.39 is 10.8 Å². The number of thioether (sulfide) groups is 1. The highest BCUT2D eigenvalue weighted by atomic mass is 32.2. The lowest BCUT2D eigenvalue weighted by atomic mass is 10.2. The standard InChI is InChI=1S/C20H14N2O5S/c1-2-10-21-19(23)18(28-20(21)24)12-14-6-8-17(9-7-14)27-13-15-4-3-5-16(11-15)22(25)26/h1,3-9,11-12H,10,13H2/b18-12+. The first-order chi connectivity index (χ1) is 13.5. The molecule has 0 saturated carbocycles. The van der Waals surface area contributed by atoms with Crippen LogP contribution in [0.15, 0.2) is 53.4 Å². The third kappa shape index (κ3) is 4.39. The maximum Gasteiger partial charge on any atom is 0.294 e. The Bertz CT molecular complexity index is 1010. The van der Waals surface area contributed by atoms with Gasteiger partial charge in [-0.3, -0.25) is 24.6 Å². The number of terminal acetylenes is 1. The molecular weight excluding hydrogens is 380 g/mol. The molecule has 0 N–H and O–H groups in total. The second-order valence-corrected chi connectivity index (χ2v) is 6.75. The number of nitro groups is 1. The number of ether oxygens (including phenoxy) is 1. The smallest absolute Gasteiger partial charge is 0.294 e. The van der Waals surface area contributed by atoms with Gasteiger partial charge in [-0.05, 0) is 41.1 Å². The highest BCUT2D eigenvalue weighted by molar-refractivity contribution is 8.18. The van der Waals surface area contributed by atoms with Crippen LogP contribution in [-0.2, 0) is 11.4 Å². The fourth-order valence-corrected chi connectivity index (χ4v) is 3.30. The summed E-state index contributed by atoms with van der Waals surface area (Å²) in [5.74, 6) is 2.46. The second-order valence-electron chi connectivity index (χ2n) is 5.76. The molecule has 2 aromatic carbocycles. The summed E-state index contributed by atoms with van der Waals surface area (Å²) in [6, 6.07) is 13.2. The topological polar surface area (TPSA) is 89.8 Å². The van der Waals surface area contributed by atoms with E-state index in [-0.39, 0.29) is 24.1 Å². The van der Waals surface area contributed by atoms with E-state index in [4.69, 9.17) is 11.2 Å². The van der Waals surface area contributed by atoms with Gasteiger partial charge in [0.1, 0.15) is 12.4 Å². The molecule has 1 fully saturated rings. The molecule has 1 saturated heterocycles. The minimum absolute atomic E-state index is 0.00947. The van der Waals surface area contributed by atoms with Gasteiger partial charge in [0.2, 0.25) is 0 Å². The van der Waals surface area contributed by atoms with Crippen molar-refractivity contribution in [2.24, 2.45) is 0 Å². The predicted molar refractivity (Wildman–Crippen MR) is 105 cm³/mol. The SMILES string of the molecule is C#CCN1C(=O)S/C(=C/c2ccc(OCc3cccc([N+](=O)[O-])c3)cc2)C1=O. The Morgan fingerprint density at radius 3 is 2.64 bits per heavy atom. The van der Waals surface area contributed by atoms with Crippen LogP contribution in [0.2, 0.25) is 0 Å². The molecule has 7 nitrogen and oxygen atoms in total. The Balaban J connectivity index is 1.65. The van der Waals surface area contributed by atoms with Gasteiger partial charge in [-0.25, -0.2) is 0 Å². The van der Waals surface area contributed by atoms with Gasteiger partial charge in [-0.2, -0.15) is 0 Å². The number of imide groups is 1. The Kier molecular flexibility index (Phi) is 5.77. The maximum atomic E-state index is 12.2. The van der Waals surface area contributed by atoms with E-state index in [0.29, 0.717) is 16.2 Å². The van der Waals surface area contributed by atoms with Gasteiger partial charge in [0.15, 0.2) is 0 Å². The van der Waals surface area contributed by atoms with Crippen molar-refractivity contribution in [3.05, 3.63) is 74.7 Å². The molecule has 28 heavy (non-hydrogen) atoms. The van der Waals surface area contributed by atoms with Crippen LogP contribution in [0.5, 0.6) is 5.75 Å². The monoisotopic (exact) mass is 394 g/mol. The summed E-state index contributed by atoms with van der Waals surface area (Å²) >= 11 is 0.849. The molecule has 0 radical (unpaired) electrons. The first-order valence-corrected chi connectivity index (χ1v) is 8.94. The van der Waals surface area contributed by atoms with E-state index in [1.165, 1.54) is 12.1 Å². The third-order valence-corrected chi connectivity index (χ3v) is 4.74. The molecule has 1 heterocycles. The number of non-ortho nitro benzene ring substituents is 1. The minimum atomic E-state index is -0.455. The Morgan fingerprint density at radius 1 is 1.21 bits per heavy atom. The number of rotatable bonds is 6. The fraction of sp³-hybridized carbons (Fsp3) is 0.100. The summed E-state index contributed by atoms with van der Waals surface area (Å²) in [4.78, 5) is 35.6. The molecule has 0 bridgehead atoms. The summed E-state index contributed by atoms with van der Waals surface area (Å²) in [6.45, 7) is 0.137. The first-order valence-electron chi connectivity index (χ1n) is 8.13. The molecule has 0 aromatic heterocycles. The summed E-state index contributed by atoms with van der Waals surface area (Å²) in [5, 5.41) is 10.4. The van der Waals surface area contributed by atoms with Crippen molar-refractivity contribution < 1.29 is 19.2 Å². The number of benzene rings is 2. The van der Waals surface area contributed by atoms with Crippen molar-refractivity contribution >= 4 is 34.7 Å². The van der Waals surface area contributed by atoms with Crippen molar-refractivity contribution in [1.82, 2.24) is 4.90 Å². The van der Waals surface area contributed by atoms with Crippen LogP contribution < -0.4 is 4.74 Å². The zero-order valence-corrected chi connectivity index (χ0v) is 15.3. The predicted octanol–water partition coefficient (Wildman–Crippen LogP) is 3.84. The number of hydrogen-bond acceptors (Lipinski definition) is 6. The van der Waals surface area contributed by atoms with Crippen molar-refractivity contribution in [3.63, 3.8) is 0 Å². The zero-order chi connectivity index (χ0) is 20.1.